The van der Waals surface area contributed by atoms with Crippen LogP contribution in [0.3, 0.4) is 0 Å². The Labute approximate surface area is 129 Å². The molecule has 0 saturated heterocycles. The number of rotatable bonds is 4. The van der Waals surface area contributed by atoms with E-state index in [0.717, 1.165) is 24.3 Å². The number of hydrogen-bond donors (Lipinski definition) is 7. The van der Waals surface area contributed by atoms with Crippen LogP contribution >= 0.6 is 0 Å². The van der Waals surface area contributed by atoms with E-state index in [4.69, 9.17) is 0 Å². The van der Waals surface area contributed by atoms with Gasteiger partial charge in [0.2, 0.25) is 5.78 Å². The molecule has 0 radical (unpaired) electrons. The molecule has 7 N–H and O–H groups in total. The highest BCUT2D eigenvalue weighted by Crippen LogP contribution is 2.35. The Balaban J connectivity index is 2.34. The number of aliphatic hydroxyl groups is 2. The fourth-order valence-electron chi connectivity index (χ4n) is 2.05. The Hall–Kier alpha value is -2.97. The molecule has 2 aromatic carbocycles. The van der Waals surface area contributed by atoms with E-state index in [1.165, 1.54) is 6.07 Å². The molecule has 0 saturated carbocycles. The summed E-state index contributed by atoms with van der Waals surface area (Å²) in [6.07, 6.45) is -3.86. The monoisotopic (exact) mass is 322 g/mol. The van der Waals surface area contributed by atoms with Crippen molar-refractivity contribution in [3.8, 4) is 28.7 Å². The van der Waals surface area contributed by atoms with Crippen LogP contribution in [0.15, 0.2) is 30.3 Å². The maximum absolute atomic E-state index is 12.1. The fraction of sp³-hybridized carbons (Fsp3) is 0.133. The molecule has 2 atom stereocenters. The van der Waals surface area contributed by atoms with Gasteiger partial charge in [-0.05, 0) is 17.7 Å². The van der Waals surface area contributed by atoms with E-state index in [0.29, 0.717) is 0 Å². The molecule has 2 rings (SSSR count). The first kappa shape index (κ1) is 16.4. The number of carbonyl (C=O) groups is 1. The largest absolute Gasteiger partial charge is 0.508 e. The molecule has 0 aliphatic carbocycles. The molecule has 0 fully saturated rings. The third kappa shape index (κ3) is 3.12. The maximum atomic E-state index is 12.1. The number of aliphatic hydroxyl groups excluding tert-OH is 2. The summed E-state index contributed by atoms with van der Waals surface area (Å²) in [5, 5.41) is 66.9. The lowest BCUT2D eigenvalue weighted by Crippen LogP contribution is -2.28. The molecule has 0 aliphatic heterocycles. The minimum Gasteiger partial charge on any atom is -0.508 e. The molecule has 2 unspecified atom stereocenters. The van der Waals surface area contributed by atoms with Crippen LogP contribution in [0, 0.1) is 0 Å². The van der Waals surface area contributed by atoms with E-state index < -0.39 is 52.3 Å². The Bertz CT molecular complexity index is 732. The molecule has 122 valence electrons. The van der Waals surface area contributed by atoms with Gasteiger partial charge in [0.15, 0.2) is 11.5 Å². The Morgan fingerprint density at radius 2 is 1.35 bits per heavy atom. The Kier molecular flexibility index (Phi) is 4.30. The SMILES string of the molecule is O=C(c1c(O)cc(O)cc1O)C(O)C(O)c1ccc(O)c(O)c1. The van der Waals surface area contributed by atoms with E-state index >= 15 is 0 Å². The van der Waals surface area contributed by atoms with Crippen molar-refractivity contribution in [2.24, 2.45) is 0 Å². The standard InChI is InChI=1S/C15H14O8/c16-7-4-10(19)12(11(20)5-7)14(22)15(23)13(21)6-1-2-8(17)9(18)3-6/h1-5,13,15-21,23H. The lowest BCUT2D eigenvalue weighted by molar-refractivity contribution is 0.0199. The summed E-state index contributed by atoms with van der Waals surface area (Å²) < 4.78 is 0. The number of aromatic hydroxyl groups is 5. The van der Waals surface area contributed by atoms with Crippen molar-refractivity contribution >= 4 is 5.78 Å². The lowest BCUT2D eigenvalue weighted by atomic mass is 9.96. The highest BCUT2D eigenvalue weighted by Gasteiger charge is 2.31. The molecule has 0 aromatic heterocycles. The Morgan fingerprint density at radius 1 is 0.783 bits per heavy atom. The average molecular weight is 322 g/mol. The topological polar surface area (TPSA) is 159 Å². The second-order valence-corrected chi connectivity index (χ2v) is 4.86. The van der Waals surface area contributed by atoms with Gasteiger partial charge in [-0.3, -0.25) is 4.79 Å². The number of benzene rings is 2. The molecule has 0 spiro atoms. The fourth-order valence-corrected chi connectivity index (χ4v) is 2.05. The van der Waals surface area contributed by atoms with Crippen LogP contribution in [-0.4, -0.2) is 47.6 Å². The van der Waals surface area contributed by atoms with Crippen molar-refractivity contribution in [1.29, 1.82) is 0 Å². The number of phenolic OH excluding ortho intramolecular Hbond substituents is 5. The van der Waals surface area contributed by atoms with E-state index in [1.54, 1.807) is 0 Å². The van der Waals surface area contributed by atoms with Crippen LogP contribution in [-0.2, 0) is 0 Å². The first-order valence-electron chi connectivity index (χ1n) is 6.39. The smallest absolute Gasteiger partial charge is 0.201 e. The Morgan fingerprint density at radius 3 is 1.87 bits per heavy atom. The van der Waals surface area contributed by atoms with Crippen molar-refractivity contribution in [3.05, 3.63) is 41.5 Å². The minimum atomic E-state index is -2.07. The summed E-state index contributed by atoms with van der Waals surface area (Å²) >= 11 is 0. The quantitative estimate of drug-likeness (QED) is 0.316. The molecule has 8 nitrogen and oxygen atoms in total. The number of phenols is 5. The van der Waals surface area contributed by atoms with Gasteiger partial charge < -0.3 is 35.7 Å². The van der Waals surface area contributed by atoms with Crippen LogP contribution in [0.2, 0.25) is 0 Å². The van der Waals surface area contributed by atoms with E-state index in [9.17, 15) is 40.5 Å². The van der Waals surface area contributed by atoms with Gasteiger partial charge in [0, 0.05) is 12.1 Å². The predicted octanol–water partition coefficient (Wildman–Crippen LogP) is 0.492. The van der Waals surface area contributed by atoms with Gasteiger partial charge in [0.05, 0.1) is 0 Å². The van der Waals surface area contributed by atoms with Gasteiger partial charge in [0.1, 0.15) is 35.0 Å². The van der Waals surface area contributed by atoms with Crippen molar-refractivity contribution in [1.82, 2.24) is 0 Å². The van der Waals surface area contributed by atoms with Gasteiger partial charge >= 0.3 is 0 Å². The summed E-state index contributed by atoms with van der Waals surface area (Å²) in [7, 11) is 0. The van der Waals surface area contributed by atoms with Crippen molar-refractivity contribution in [2.75, 3.05) is 0 Å². The summed E-state index contributed by atoms with van der Waals surface area (Å²) in [5.41, 5.74) is -0.740. The summed E-state index contributed by atoms with van der Waals surface area (Å²) in [6, 6.07) is 4.76. The zero-order valence-corrected chi connectivity index (χ0v) is 11.6. The molecule has 2 aromatic rings. The normalized spacial score (nSPS) is 13.5. The molecular weight excluding hydrogens is 308 g/mol. The highest BCUT2D eigenvalue weighted by molar-refractivity contribution is 6.04. The molecule has 0 amide bonds. The van der Waals surface area contributed by atoms with Gasteiger partial charge in [-0.2, -0.15) is 0 Å². The van der Waals surface area contributed by atoms with Crippen LogP contribution < -0.4 is 0 Å². The second kappa shape index (κ2) is 6.03. The second-order valence-electron chi connectivity index (χ2n) is 4.86. The van der Waals surface area contributed by atoms with Crippen molar-refractivity contribution in [2.45, 2.75) is 12.2 Å². The number of hydrogen-bond acceptors (Lipinski definition) is 8. The third-order valence-electron chi connectivity index (χ3n) is 3.24. The van der Waals surface area contributed by atoms with Crippen molar-refractivity contribution in [3.63, 3.8) is 0 Å². The van der Waals surface area contributed by atoms with Gasteiger partial charge in [-0.15, -0.1) is 0 Å². The minimum absolute atomic E-state index is 0.0705. The van der Waals surface area contributed by atoms with Crippen molar-refractivity contribution < 1.29 is 40.5 Å². The van der Waals surface area contributed by atoms with Crippen LogP contribution in [0.1, 0.15) is 22.0 Å². The van der Waals surface area contributed by atoms with Gasteiger partial charge in [-0.25, -0.2) is 0 Å². The maximum Gasteiger partial charge on any atom is 0.201 e. The first-order chi connectivity index (χ1) is 10.7. The predicted molar refractivity (Wildman–Crippen MR) is 76.5 cm³/mol. The highest BCUT2D eigenvalue weighted by atomic mass is 16.3. The summed E-state index contributed by atoms with van der Waals surface area (Å²) in [4.78, 5) is 12.1. The number of carbonyl (C=O) groups excluding carboxylic acids is 1. The van der Waals surface area contributed by atoms with Crippen LogP contribution in [0.25, 0.3) is 0 Å². The van der Waals surface area contributed by atoms with E-state index in [1.807, 2.05) is 0 Å². The van der Waals surface area contributed by atoms with Crippen LogP contribution in [0.5, 0.6) is 28.7 Å². The zero-order valence-electron chi connectivity index (χ0n) is 11.6. The molecule has 0 bridgehead atoms. The molecule has 23 heavy (non-hydrogen) atoms. The van der Waals surface area contributed by atoms with Gasteiger partial charge in [-0.1, -0.05) is 6.07 Å². The van der Waals surface area contributed by atoms with E-state index in [-0.39, 0.29) is 5.56 Å². The summed E-state index contributed by atoms with van der Waals surface area (Å²) in [6.45, 7) is 0. The third-order valence-corrected chi connectivity index (χ3v) is 3.24. The number of Topliss-reactive ketones (excluding diaryl/α,β-unsaturated/α-hetero) is 1. The molecule has 0 aliphatic rings. The average Bonchev–Trinajstić information content (AvgIpc) is 2.47. The number of ketones is 1. The first-order valence-corrected chi connectivity index (χ1v) is 6.39. The van der Waals surface area contributed by atoms with Gasteiger partial charge in [0.25, 0.3) is 0 Å². The molecule has 8 heteroatoms. The van der Waals surface area contributed by atoms with Crippen LogP contribution in [0.4, 0.5) is 0 Å². The lowest BCUT2D eigenvalue weighted by Gasteiger charge is -2.18. The summed E-state index contributed by atoms with van der Waals surface area (Å²) in [5.74, 6) is -4.23. The molecule has 0 heterocycles. The van der Waals surface area contributed by atoms with E-state index in [2.05, 4.69) is 0 Å². The molecular formula is C15H14O8. The zero-order chi connectivity index (χ0) is 17.3.